The van der Waals surface area contributed by atoms with Crippen LogP contribution in [0, 0.1) is 5.82 Å². The lowest BCUT2D eigenvalue weighted by Crippen LogP contribution is -2.35. The normalized spacial score (nSPS) is 11.4. The minimum atomic E-state index is -5.01. The number of alkyl halides is 3. The fourth-order valence-electron chi connectivity index (χ4n) is 1.13. The van der Waals surface area contributed by atoms with Gasteiger partial charge in [0.25, 0.3) is 0 Å². The fourth-order valence-corrected chi connectivity index (χ4v) is 1.13. The van der Waals surface area contributed by atoms with Gasteiger partial charge in [-0.3, -0.25) is 4.79 Å². The average Bonchev–Trinajstić information content (AvgIpc) is 2.15. The summed E-state index contributed by atoms with van der Waals surface area (Å²) in [6.45, 7) is 0. The van der Waals surface area contributed by atoms with Gasteiger partial charge in [0.2, 0.25) is 0 Å². The van der Waals surface area contributed by atoms with Crippen LogP contribution in [0.4, 0.5) is 17.6 Å². The largest absolute Gasteiger partial charge is 0.491 e. The number of benzene rings is 1. The Bertz CT molecular complexity index is 416. The molecule has 0 bridgehead atoms. The van der Waals surface area contributed by atoms with Gasteiger partial charge in [-0.05, 0) is 12.1 Å². The summed E-state index contributed by atoms with van der Waals surface area (Å²) in [4.78, 5) is 10.3. The highest BCUT2D eigenvalue weighted by atomic mass is 19.4. The number of rotatable bonds is 2. The maximum Gasteiger partial charge on any atom is 0.491 e. The van der Waals surface area contributed by atoms with Crippen molar-refractivity contribution in [3.8, 4) is 0 Å². The van der Waals surface area contributed by atoms with E-state index in [9.17, 15) is 22.4 Å². The van der Waals surface area contributed by atoms with E-state index < -0.39 is 35.7 Å². The van der Waals surface area contributed by atoms with Crippen LogP contribution in [0.1, 0.15) is 15.9 Å². The molecule has 0 spiro atoms. The maximum absolute atomic E-state index is 13.2. The van der Waals surface area contributed by atoms with Crippen molar-refractivity contribution < 1.29 is 32.4 Å². The van der Waals surface area contributed by atoms with E-state index in [1.807, 2.05) is 0 Å². The molecule has 1 rings (SSSR count). The first-order chi connectivity index (χ1) is 7.27. The number of halogens is 4. The highest BCUT2D eigenvalue weighted by Crippen LogP contribution is 2.31. The van der Waals surface area contributed by atoms with Gasteiger partial charge in [-0.2, -0.15) is 13.2 Å². The summed E-state index contributed by atoms with van der Waals surface area (Å²) in [7, 11) is -2.42. The predicted molar refractivity (Wildman–Crippen MR) is 46.6 cm³/mol. The van der Waals surface area contributed by atoms with Gasteiger partial charge in [-0.25, -0.2) is 4.39 Å². The molecule has 0 saturated carbocycles. The van der Waals surface area contributed by atoms with E-state index >= 15 is 0 Å². The van der Waals surface area contributed by atoms with Gasteiger partial charge in [0.15, 0.2) is 0 Å². The molecule has 0 unspecified atom stereocenters. The molecule has 0 heterocycles. The summed E-state index contributed by atoms with van der Waals surface area (Å²) in [5.41, 5.74) is -3.19. The molecule has 0 atom stereocenters. The van der Waals surface area contributed by atoms with Crippen molar-refractivity contribution in [2.75, 3.05) is 0 Å². The lowest BCUT2D eigenvalue weighted by atomic mass is 9.78. The highest BCUT2D eigenvalue weighted by Gasteiger charge is 2.37. The van der Waals surface area contributed by atoms with E-state index in [2.05, 4.69) is 0 Å². The first kappa shape index (κ1) is 12.7. The van der Waals surface area contributed by atoms with E-state index in [1.165, 1.54) is 0 Å². The summed E-state index contributed by atoms with van der Waals surface area (Å²) in [6.07, 6.45) is -4.95. The summed E-state index contributed by atoms with van der Waals surface area (Å²) in [6, 6.07) is 0.941. The second-order valence-corrected chi connectivity index (χ2v) is 2.96. The van der Waals surface area contributed by atoms with Crippen LogP contribution in [0.5, 0.6) is 0 Å². The number of hydrogen-bond donors (Lipinski definition) is 2. The van der Waals surface area contributed by atoms with Crippen molar-refractivity contribution in [1.82, 2.24) is 0 Å². The van der Waals surface area contributed by atoms with Gasteiger partial charge in [0.1, 0.15) is 12.1 Å². The molecule has 0 aliphatic heterocycles. The average molecular weight is 236 g/mol. The second-order valence-electron chi connectivity index (χ2n) is 2.96. The zero-order chi connectivity index (χ0) is 12.5. The molecule has 0 fully saturated rings. The number of carbonyl (C=O) groups is 1. The van der Waals surface area contributed by atoms with Crippen LogP contribution in [0.2, 0.25) is 0 Å². The molecule has 86 valence electrons. The molecular formula is C8H5BF4O3. The first-order valence-electron chi connectivity index (χ1n) is 3.99. The second kappa shape index (κ2) is 4.22. The van der Waals surface area contributed by atoms with Crippen LogP contribution < -0.4 is 5.46 Å². The third-order valence-corrected chi connectivity index (χ3v) is 1.84. The van der Waals surface area contributed by atoms with E-state index in [0.29, 0.717) is 12.1 Å². The molecule has 8 heteroatoms. The van der Waals surface area contributed by atoms with Crippen molar-refractivity contribution in [1.29, 1.82) is 0 Å². The van der Waals surface area contributed by atoms with Crippen molar-refractivity contribution >= 4 is 18.9 Å². The third kappa shape index (κ3) is 2.39. The molecule has 2 N–H and O–H groups in total. The molecule has 0 aliphatic rings. The Morgan fingerprint density at radius 3 is 2.19 bits per heavy atom. The Balaban J connectivity index is 3.49. The van der Waals surface area contributed by atoms with E-state index in [0.717, 1.165) is 0 Å². The Morgan fingerprint density at radius 1 is 1.25 bits per heavy atom. The van der Waals surface area contributed by atoms with Crippen molar-refractivity contribution in [2.24, 2.45) is 0 Å². The maximum atomic E-state index is 13.2. The first-order valence-corrected chi connectivity index (χ1v) is 3.99. The molecule has 0 aliphatic carbocycles. The van der Waals surface area contributed by atoms with Crippen LogP contribution in [-0.4, -0.2) is 23.5 Å². The van der Waals surface area contributed by atoms with E-state index in [1.54, 1.807) is 0 Å². The van der Waals surface area contributed by atoms with E-state index in [4.69, 9.17) is 10.0 Å². The van der Waals surface area contributed by atoms with Crippen molar-refractivity contribution in [3.05, 3.63) is 29.1 Å². The molecule has 0 radical (unpaired) electrons. The van der Waals surface area contributed by atoms with Crippen LogP contribution in [-0.2, 0) is 6.18 Å². The topological polar surface area (TPSA) is 57.5 Å². The summed E-state index contributed by atoms with van der Waals surface area (Å²) < 4.78 is 50.0. The Morgan fingerprint density at radius 2 is 1.81 bits per heavy atom. The Kier molecular flexibility index (Phi) is 3.34. The summed E-state index contributed by atoms with van der Waals surface area (Å²) >= 11 is 0. The lowest BCUT2D eigenvalue weighted by molar-refractivity contribution is -0.139. The fraction of sp³-hybridized carbons (Fsp3) is 0.125. The molecule has 3 nitrogen and oxygen atoms in total. The molecular weight excluding hydrogens is 231 g/mol. The van der Waals surface area contributed by atoms with Crippen molar-refractivity contribution in [2.45, 2.75) is 6.18 Å². The van der Waals surface area contributed by atoms with Gasteiger partial charge in [0.05, 0.1) is 5.56 Å². The minimum absolute atomic E-state index is 0.0561. The lowest BCUT2D eigenvalue weighted by Gasteiger charge is -2.11. The molecule has 16 heavy (non-hydrogen) atoms. The van der Waals surface area contributed by atoms with E-state index in [-0.39, 0.29) is 6.29 Å². The summed E-state index contributed by atoms with van der Waals surface area (Å²) in [5, 5.41) is 17.3. The molecule has 1 aromatic carbocycles. The number of hydrogen-bond acceptors (Lipinski definition) is 3. The predicted octanol–water partition coefficient (Wildman–Crippen LogP) is 0.337. The zero-order valence-electron chi connectivity index (χ0n) is 7.62. The standard InChI is InChI=1S/C8H5BF4O3/c10-7-5(8(11,12)13)1-4(3-14)2-6(7)9(15)16/h1-3,15-16H. The van der Waals surface area contributed by atoms with Gasteiger partial charge >= 0.3 is 13.3 Å². The van der Waals surface area contributed by atoms with Crippen molar-refractivity contribution in [3.63, 3.8) is 0 Å². The van der Waals surface area contributed by atoms with Gasteiger partial charge in [0, 0.05) is 11.0 Å². The molecule has 0 amide bonds. The highest BCUT2D eigenvalue weighted by molar-refractivity contribution is 6.58. The van der Waals surface area contributed by atoms with Gasteiger partial charge in [-0.1, -0.05) is 0 Å². The Labute approximate surface area is 87.5 Å². The van der Waals surface area contributed by atoms with Crippen LogP contribution >= 0.6 is 0 Å². The van der Waals surface area contributed by atoms with Crippen LogP contribution in [0.25, 0.3) is 0 Å². The quantitative estimate of drug-likeness (QED) is 0.442. The molecule has 0 saturated heterocycles. The van der Waals surface area contributed by atoms with Crippen LogP contribution in [0.3, 0.4) is 0 Å². The smallest absolute Gasteiger partial charge is 0.423 e. The molecule has 1 aromatic rings. The third-order valence-electron chi connectivity index (χ3n) is 1.84. The minimum Gasteiger partial charge on any atom is -0.423 e. The van der Waals surface area contributed by atoms with Gasteiger partial charge < -0.3 is 10.0 Å². The zero-order valence-corrected chi connectivity index (χ0v) is 7.62. The van der Waals surface area contributed by atoms with Crippen LogP contribution in [0.15, 0.2) is 12.1 Å². The Hall–Kier alpha value is -1.41. The monoisotopic (exact) mass is 236 g/mol. The van der Waals surface area contributed by atoms with Gasteiger partial charge in [-0.15, -0.1) is 0 Å². The SMILES string of the molecule is O=Cc1cc(B(O)O)c(F)c(C(F)(F)F)c1. The summed E-state index contributed by atoms with van der Waals surface area (Å²) in [5.74, 6) is -1.80. The number of carbonyl (C=O) groups excluding carboxylic acids is 1. The molecule has 0 aromatic heterocycles. The number of aldehydes is 1.